The Labute approximate surface area is 340 Å². The van der Waals surface area contributed by atoms with E-state index >= 15 is 0 Å². The molecule has 0 spiro atoms. The molecular formula is C52H43F6N. The maximum Gasteiger partial charge on any atom is 0.416 e. The minimum atomic E-state index is -4.52. The molecule has 0 bridgehead atoms. The fraction of sp³-hybridized carbons (Fsp3) is 0.192. The molecule has 0 radical (unpaired) electrons. The molecule has 0 aliphatic heterocycles. The summed E-state index contributed by atoms with van der Waals surface area (Å²) in [5.74, 6) is 0. The van der Waals surface area contributed by atoms with Crippen molar-refractivity contribution in [3.8, 4) is 50.2 Å². The summed E-state index contributed by atoms with van der Waals surface area (Å²) in [6.45, 7) is 16.3. The van der Waals surface area contributed by atoms with Gasteiger partial charge in [0.25, 0.3) is 0 Å². The zero-order valence-corrected chi connectivity index (χ0v) is 34.2. The van der Waals surface area contributed by atoms with Crippen molar-refractivity contribution < 1.29 is 26.3 Å². The molecule has 0 aliphatic rings. The Kier molecular flexibility index (Phi) is 9.65. The average Bonchev–Trinajstić information content (AvgIpc) is 3.51. The summed E-state index contributed by atoms with van der Waals surface area (Å²) in [5.41, 5.74) is 15.9. The highest BCUT2D eigenvalue weighted by molar-refractivity contribution is 6.12. The van der Waals surface area contributed by atoms with E-state index in [-0.39, 0.29) is 0 Å². The maximum atomic E-state index is 14.0. The van der Waals surface area contributed by atoms with Crippen molar-refractivity contribution in [2.24, 2.45) is 0 Å². The lowest BCUT2D eigenvalue weighted by Crippen LogP contribution is -2.05. The van der Waals surface area contributed by atoms with Crippen molar-refractivity contribution in [1.29, 1.82) is 0 Å². The first-order valence-corrected chi connectivity index (χ1v) is 19.6. The van der Waals surface area contributed by atoms with Crippen LogP contribution < -0.4 is 0 Å². The van der Waals surface area contributed by atoms with E-state index in [0.29, 0.717) is 33.4 Å². The summed E-state index contributed by atoms with van der Waals surface area (Å²) >= 11 is 0. The normalized spacial score (nSPS) is 12.2. The van der Waals surface area contributed by atoms with Crippen molar-refractivity contribution in [3.63, 3.8) is 0 Å². The van der Waals surface area contributed by atoms with Gasteiger partial charge in [-0.25, -0.2) is 0 Å². The van der Waals surface area contributed by atoms with Gasteiger partial charge in [-0.3, -0.25) is 0 Å². The van der Waals surface area contributed by atoms with Crippen LogP contribution in [0.5, 0.6) is 0 Å². The highest BCUT2D eigenvalue weighted by atomic mass is 19.4. The largest absolute Gasteiger partial charge is 0.416 e. The summed E-state index contributed by atoms with van der Waals surface area (Å²) in [6, 6.07) is 33.9. The lowest BCUT2D eigenvalue weighted by Gasteiger charge is -2.22. The van der Waals surface area contributed by atoms with Crippen LogP contribution in [0.15, 0.2) is 115 Å². The van der Waals surface area contributed by atoms with E-state index in [1.807, 2.05) is 48.5 Å². The molecule has 1 aromatic heterocycles. The van der Waals surface area contributed by atoms with Crippen molar-refractivity contribution in [2.75, 3.05) is 0 Å². The third kappa shape index (κ3) is 6.90. The molecule has 7 heteroatoms. The van der Waals surface area contributed by atoms with Crippen molar-refractivity contribution in [1.82, 2.24) is 4.57 Å². The summed E-state index contributed by atoms with van der Waals surface area (Å²) in [6.07, 6.45) is -9.04. The van der Waals surface area contributed by atoms with Crippen molar-refractivity contribution in [2.45, 2.75) is 67.7 Å². The van der Waals surface area contributed by atoms with Gasteiger partial charge in [-0.15, -0.1) is 0 Å². The first-order chi connectivity index (χ1) is 27.8. The van der Waals surface area contributed by atoms with Gasteiger partial charge >= 0.3 is 12.4 Å². The number of rotatable bonds is 5. The Morgan fingerprint density at radius 3 is 1.31 bits per heavy atom. The topological polar surface area (TPSA) is 4.93 Å². The average molecular weight is 796 g/mol. The van der Waals surface area contributed by atoms with Gasteiger partial charge in [-0.1, -0.05) is 60.7 Å². The van der Waals surface area contributed by atoms with E-state index in [1.54, 1.807) is 26.0 Å². The van der Waals surface area contributed by atoms with Gasteiger partial charge in [-0.2, -0.15) is 26.3 Å². The molecule has 7 aromatic carbocycles. The summed E-state index contributed by atoms with van der Waals surface area (Å²) < 4.78 is 86.1. The maximum absolute atomic E-state index is 14.0. The molecule has 8 rings (SSSR count). The van der Waals surface area contributed by atoms with E-state index < -0.39 is 23.5 Å². The van der Waals surface area contributed by atoms with Crippen LogP contribution in [0.25, 0.3) is 72.0 Å². The Morgan fingerprint density at radius 1 is 0.373 bits per heavy atom. The highest BCUT2D eigenvalue weighted by Crippen LogP contribution is 2.44. The zero-order valence-electron chi connectivity index (χ0n) is 34.2. The predicted octanol–water partition coefficient (Wildman–Crippen LogP) is 16.0. The van der Waals surface area contributed by atoms with E-state index in [9.17, 15) is 26.3 Å². The van der Waals surface area contributed by atoms with Gasteiger partial charge in [0.1, 0.15) is 0 Å². The standard InChI is InChI=1S/C52H43F6N/c1-28-20-38(24-40(22-28)51(53,54)55)36-16-18-48-45(26-36)46-27-37(39-21-29(2)23-41(25-39)52(56,57)58)17-19-49(46)59(48)47-15-10-9-12-44(47)42-13-11-14-43(35(42)8)50-33(6)31(4)30(3)32(5)34(50)7/h9-27H,1-8H3. The predicted molar refractivity (Wildman–Crippen MR) is 230 cm³/mol. The SMILES string of the molecule is Cc1cc(-c2ccc3c(c2)c2cc(-c4cc(C)cc(C(F)(F)F)c4)ccc2n3-c2ccccc2-c2cccc(-c3c(C)c(C)c(C)c(C)c3C)c2C)cc(C(F)(F)F)c1. The summed E-state index contributed by atoms with van der Waals surface area (Å²) in [7, 11) is 0. The number of benzene rings is 7. The quantitative estimate of drug-likeness (QED) is 0.153. The molecule has 8 aromatic rings. The second-order valence-corrected chi connectivity index (χ2v) is 16.0. The van der Waals surface area contributed by atoms with Gasteiger partial charge in [0.05, 0.1) is 27.8 Å². The molecule has 0 amide bonds. The Bertz CT molecular complexity index is 2840. The molecule has 0 atom stereocenters. The Morgan fingerprint density at radius 2 is 0.814 bits per heavy atom. The second kappa shape index (κ2) is 14.3. The van der Waals surface area contributed by atoms with Crippen LogP contribution >= 0.6 is 0 Å². The molecule has 0 saturated carbocycles. The molecule has 1 heterocycles. The molecule has 0 saturated heterocycles. The van der Waals surface area contributed by atoms with Crippen LogP contribution in [0.2, 0.25) is 0 Å². The van der Waals surface area contributed by atoms with Crippen LogP contribution in [0.3, 0.4) is 0 Å². The number of alkyl halides is 6. The number of nitrogens with zero attached hydrogens (tertiary/aromatic N) is 1. The fourth-order valence-electron chi connectivity index (χ4n) is 8.87. The van der Waals surface area contributed by atoms with Crippen LogP contribution in [0, 0.1) is 55.4 Å². The van der Waals surface area contributed by atoms with Gasteiger partial charge in [0.2, 0.25) is 0 Å². The lowest BCUT2D eigenvalue weighted by molar-refractivity contribution is -0.138. The van der Waals surface area contributed by atoms with Crippen LogP contribution in [0.1, 0.15) is 55.6 Å². The molecule has 0 fully saturated rings. The lowest BCUT2D eigenvalue weighted by atomic mass is 9.83. The smallest absolute Gasteiger partial charge is 0.309 e. The van der Waals surface area contributed by atoms with Crippen molar-refractivity contribution >= 4 is 21.8 Å². The van der Waals surface area contributed by atoms with Gasteiger partial charge in [-0.05, 0) is 193 Å². The highest BCUT2D eigenvalue weighted by Gasteiger charge is 2.32. The minimum Gasteiger partial charge on any atom is -0.309 e. The monoisotopic (exact) mass is 795 g/mol. The molecular weight excluding hydrogens is 753 g/mol. The van der Waals surface area contributed by atoms with E-state index in [0.717, 1.165) is 74.0 Å². The third-order valence-corrected chi connectivity index (χ3v) is 12.3. The van der Waals surface area contributed by atoms with E-state index in [4.69, 9.17) is 0 Å². The number of halogens is 6. The number of hydrogen-bond donors (Lipinski definition) is 0. The van der Waals surface area contributed by atoms with Crippen LogP contribution in [-0.4, -0.2) is 4.57 Å². The molecule has 0 N–H and O–H groups in total. The number of aromatic nitrogens is 1. The molecule has 0 aliphatic carbocycles. The van der Waals surface area contributed by atoms with E-state index in [1.165, 1.54) is 33.4 Å². The van der Waals surface area contributed by atoms with Gasteiger partial charge in [0, 0.05) is 16.3 Å². The number of para-hydroxylation sites is 1. The first-order valence-electron chi connectivity index (χ1n) is 19.6. The zero-order chi connectivity index (χ0) is 42.3. The van der Waals surface area contributed by atoms with Crippen molar-refractivity contribution in [3.05, 3.63) is 171 Å². The number of aryl methyl sites for hydroxylation is 2. The Balaban J connectivity index is 1.40. The number of fused-ring (bicyclic) bond motifs is 3. The summed E-state index contributed by atoms with van der Waals surface area (Å²) in [4.78, 5) is 0. The molecule has 59 heavy (non-hydrogen) atoms. The van der Waals surface area contributed by atoms with Gasteiger partial charge < -0.3 is 4.57 Å². The molecule has 298 valence electrons. The number of hydrogen-bond acceptors (Lipinski definition) is 0. The minimum absolute atomic E-state index is 0.421. The third-order valence-electron chi connectivity index (χ3n) is 12.3. The summed E-state index contributed by atoms with van der Waals surface area (Å²) in [5, 5.41) is 1.52. The van der Waals surface area contributed by atoms with Gasteiger partial charge in [0.15, 0.2) is 0 Å². The van der Waals surface area contributed by atoms with Crippen LogP contribution in [-0.2, 0) is 12.4 Å². The van der Waals surface area contributed by atoms with E-state index in [2.05, 4.69) is 76.4 Å². The Hall–Kier alpha value is -6.08. The molecule has 0 unspecified atom stereocenters. The fourth-order valence-corrected chi connectivity index (χ4v) is 8.87. The second-order valence-electron chi connectivity index (χ2n) is 16.0. The van der Waals surface area contributed by atoms with Crippen LogP contribution in [0.4, 0.5) is 26.3 Å². The molecule has 1 nitrogen and oxygen atoms in total. The first kappa shape index (κ1) is 39.7.